The van der Waals surface area contributed by atoms with Crippen molar-refractivity contribution in [3.8, 4) is 5.75 Å². The molecule has 1 aromatic rings. The molecule has 112 valence electrons. The van der Waals surface area contributed by atoms with E-state index < -0.39 is 28.1 Å². The lowest BCUT2D eigenvalue weighted by molar-refractivity contribution is -0.153. The number of hydrogen-bond donors (Lipinski definition) is 1. The van der Waals surface area contributed by atoms with Gasteiger partial charge in [-0.25, -0.2) is 8.42 Å². The second kappa shape index (κ2) is 6.23. The maximum absolute atomic E-state index is 11.9. The van der Waals surface area contributed by atoms with Gasteiger partial charge < -0.3 is 9.47 Å². The molecule has 0 spiro atoms. The molecule has 20 heavy (non-hydrogen) atoms. The third-order valence-electron chi connectivity index (χ3n) is 2.20. The van der Waals surface area contributed by atoms with Gasteiger partial charge in [0.05, 0.1) is 12.0 Å². The second-order valence-electron chi connectivity index (χ2n) is 5.09. The molecule has 0 aliphatic heterocycles. The van der Waals surface area contributed by atoms with Gasteiger partial charge >= 0.3 is 5.97 Å². The normalized spacial score (nSPS) is 12.0. The maximum atomic E-state index is 11.9. The van der Waals surface area contributed by atoms with Crippen molar-refractivity contribution in [2.75, 3.05) is 13.7 Å². The molecule has 0 fully saturated rings. The minimum atomic E-state index is -3.74. The Balaban J connectivity index is 2.68. The van der Waals surface area contributed by atoms with Gasteiger partial charge in [0.15, 0.2) is 0 Å². The SMILES string of the molecule is COc1ccc(S(=O)(=O)NCC(=O)OC(C)(C)C)cc1. The molecule has 1 aromatic carbocycles. The molecule has 0 saturated carbocycles. The van der Waals surface area contributed by atoms with Crippen LogP contribution in [-0.2, 0) is 19.6 Å². The van der Waals surface area contributed by atoms with Gasteiger partial charge in [-0.1, -0.05) is 0 Å². The van der Waals surface area contributed by atoms with E-state index in [-0.39, 0.29) is 4.90 Å². The Morgan fingerprint density at radius 3 is 2.20 bits per heavy atom. The predicted octanol–water partition coefficient (Wildman–Crippen LogP) is 1.32. The number of hydrogen-bond acceptors (Lipinski definition) is 5. The fourth-order valence-electron chi connectivity index (χ4n) is 1.37. The first-order valence-corrected chi connectivity index (χ1v) is 7.48. The summed E-state index contributed by atoms with van der Waals surface area (Å²) < 4.78 is 36.0. The molecule has 1 N–H and O–H groups in total. The van der Waals surface area contributed by atoms with E-state index in [2.05, 4.69) is 4.72 Å². The smallest absolute Gasteiger partial charge is 0.321 e. The van der Waals surface area contributed by atoms with Crippen LogP contribution in [0.1, 0.15) is 20.8 Å². The van der Waals surface area contributed by atoms with Gasteiger partial charge in [0.1, 0.15) is 17.9 Å². The monoisotopic (exact) mass is 301 g/mol. The Hall–Kier alpha value is -1.60. The van der Waals surface area contributed by atoms with Crippen LogP contribution in [0.15, 0.2) is 29.2 Å². The van der Waals surface area contributed by atoms with Crippen LogP contribution in [-0.4, -0.2) is 33.6 Å². The van der Waals surface area contributed by atoms with Crippen LogP contribution < -0.4 is 9.46 Å². The average molecular weight is 301 g/mol. The predicted molar refractivity (Wildman–Crippen MR) is 74.0 cm³/mol. The zero-order valence-corrected chi connectivity index (χ0v) is 12.8. The summed E-state index contributed by atoms with van der Waals surface area (Å²) in [6, 6.07) is 5.86. The molecule has 0 aliphatic carbocycles. The van der Waals surface area contributed by atoms with Crippen LogP contribution in [0.5, 0.6) is 5.75 Å². The highest BCUT2D eigenvalue weighted by molar-refractivity contribution is 7.89. The molecular formula is C13H19NO5S. The van der Waals surface area contributed by atoms with Crippen LogP contribution in [0.3, 0.4) is 0 Å². The largest absolute Gasteiger partial charge is 0.497 e. The van der Waals surface area contributed by atoms with Gasteiger partial charge in [-0.15, -0.1) is 0 Å². The quantitative estimate of drug-likeness (QED) is 0.829. The highest BCUT2D eigenvalue weighted by Gasteiger charge is 2.19. The average Bonchev–Trinajstić information content (AvgIpc) is 2.35. The molecule has 0 aromatic heterocycles. The van der Waals surface area contributed by atoms with Gasteiger partial charge in [-0.05, 0) is 45.0 Å². The molecule has 0 bridgehead atoms. The summed E-state index contributed by atoms with van der Waals surface area (Å²) in [7, 11) is -2.25. The third-order valence-corrected chi connectivity index (χ3v) is 3.61. The number of carbonyl (C=O) groups is 1. The van der Waals surface area contributed by atoms with Crippen molar-refractivity contribution in [3.63, 3.8) is 0 Å². The molecule has 0 atom stereocenters. The zero-order chi connectivity index (χ0) is 15.4. The van der Waals surface area contributed by atoms with E-state index in [1.807, 2.05) is 0 Å². The van der Waals surface area contributed by atoms with Crippen molar-refractivity contribution in [2.45, 2.75) is 31.3 Å². The summed E-state index contributed by atoms with van der Waals surface area (Å²) >= 11 is 0. The molecule has 0 saturated heterocycles. The lowest BCUT2D eigenvalue weighted by atomic mass is 10.2. The molecule has 6 nitrogen and oxygen atoms in total. The first-order chi connectivity index (χ1) is 9.14. The van der Waals surface area contributed by atoms with Crippen LogP contribution in [0.2, 0.25) is 0 Å². The van der Waals surface area contributed by atoms with Crippen molar-refractivity contribution >= 4 is 16.0 Å². The first kappa shape index (κ1) is 16.5. The van der Waals surface area contributed by atoms with Gasteiger partial charge in [0.25, 0.3) is 0 Å². The van der Waals surface area contributed by atoms with Crippen LogP contribution >= 0.6 is 0 Å². The molecule has 0 amide bonds. The van der Waals surface area contributed by atoms with E-state index in [9.17, 15) is 13.2 Å². The Morgan fingerprint density at radius 2 is 1.75 bits per heavy atom. The summed E-state index contributed by atoms with van der Waals surface area (Å²) in [4.78, 5) is 11.5. The zero-order valence-electron chi connectivity index (χ0n) is 12.0. The highest BCUT2D eigenvalue weighted by atomic mass is 32.2. The molecule has 0 heterocycles. The van der Waals surface area contributed by atoms with E-state index in [0.717, 1.165) is 0 Å². The minimum Gasteiger partial charge on any atom is -0.497 e. The molecule has 0 unspecified atom stereocenters. The third kappa shape index (κ3) is 5.18. The lowest BCUT2D eigenvalue weighted by Crippen LogP contribution is -2.34. The van der Waals surface area contributed by atoms with E-state index in [4.69, 9.17) is 9.47 Å². The van der Waals surface area contributed by atoms with Crippen molar-refractivity contribution in [1.82, 2.24) is 4.72 Å². The van der Waals surface area contributed by atoms with Crippen LogP contribution in [0.25, 0.3) is 0 Å². The standard InChI is InChI=1S/C13H19NO5S/c1-13(2,3)19-12(15)9-14-20(16,17)11-7-5-10(18-4)6-8-11/h5-8,14H,9H2,1-4H3. The number of carbonyl (C=O) groups excluding carboxylic acids is 1. The van der Waals surface area contributed by atoms with Crippen molar-refractivity contribution in [1.29, 1.82) is 0 Å². The van der Waals surface area contributed by atoms with Crippen LogP contribution in [0, 0.1) is 0 Å². The molecule has 0 radical (unpaired) electrons. The number of benzene rings is 1. The first-order valence-electron chi connectivity index (χ1n) is 5.99. The summed E-state index contributed by atoms with van der Waals surface area (Å²) in [5, 5.41) is 0. The number of rotatable bonds is 5. The fourth-order valence-corrected chi connectivity index (χ4v) is 2.34. The highest BCUT2D eigenvalue weighted by Crippen LogP contribution is 2.15. The summed E-state index contributed by atoms with van der Waals surface area (Å²) in [6.07, 6.45) is 0. The van der Waals surface area contributed by atoms with Gasteiger partial charge in [0.2, 0.25) is 10.0 Å². The van der Waals surface area contributed by atoms with Crippen molar-refractivity contribution in [3.05, 3.63) is 24.3 Å². The molecule has 1 rings (SSSR count). The Labute approximate surface area is 119 Å². The van der Waals surface area contributed by atoms with Crippen molar-refractivity contribution < 1.29 is 22.7 Å². The number of ether oxygens (including phenoxy) is 2. The number of nitrogens with one attached hydrogen (secondary N) is 1. The molecular weight excluding hydrogens is 282 g/mol. The molecule has 0 aliphatic rings. The summed E-state index contributed by atoms with van der Waals surface area (Å²) in [6.45, 7) is 4.72. The van der Waals surface area contributed by atoms with E-state index >= 15 is 0 Å². The van der Waals surface area contributed by atoms with E-state index in [1.165, 1.54) is 31.4 Å². The summed E-state index contributed by atoms with van der Waals surface area (Å²) in [5.74, 6) is -0.0781. The topological polar surface area (TPSA) is 81.7 Å². The Bertz CT molecular complexity index is 557. The summed E-state index contributed by atoms with van der Waals surface area (Å²) in [5.41, 5.74) is -0.650. The number of sulfonamides is 1. The van der Waals surface area contributed by atoms with Crippen molar-refractivity contribution in [2.24, 2.45) is 0 Å². The lowest BCUT2D eigenvalue weighted by Gasteiger charge is -2.19. The second-order valence-corrected chi connectivity index (χ2v) is 6.85. The van der Waals surface area contributed by atoms with E-state index in [0.29, 0.717) is 5.75 Å². The van der Waals surface area contributed by atoms with E-state index in [1.54, 1.807) is 20.8 Å². The maximum Gasteiger partial charge on any atom is 0.321 e. The Kier molecular flexibility index (Phi) is 5.13. The number of esters is 1. The van der Waals surface area contributed by atoms with Gasteiger partial charge in [-0.2, -0.15) is 4.72 Å². The minimum absolute atomic E-state index is 0.0573. The van der Waals surface area contributed by atoms with Gasteiger partial charge in [-0.3, -0.25) is 4.79 Å². The molecule has 7 heteroatoms. The Morgan fingerprint density at radius 1 is 1.20 bits per heavy atom. The van der Waals surface area contributed by atoms with Crippen LogP contribution in [0.4, 0.5) is 0 Å². The fraction of sp³-hybridized carbons (Fsp3) is 0.462. The number of methoxy groups -OCH3 is 1. The van der Waals surface area contributed by atoms with Gasteiger partial charge in [0, 0.05) is 0 Å².